The van der Waals surface area contributed by atoms with Crippen molar-refractivity contribution in [2.24, 2.45) is 0 Å². The van der Waals surface area contributed by atoms with Gasteiger partial charge in [0.05, 0.1) is 29.3 Å². The van der Waals surface area contributed by atoms with Crippen LogP contribution in [0.2, 0.25) is 5.02 Å². The summed E-state index contributed by atoms with van der Waals surface area (Å²) < 4.78 is 7.33. The van der Waals surface area contributed by atoms with Gasteiger partial charge in [0.25, 0.3) is 5.56 Å². The van der Waals surface area contributed by atoms with E-state index in [1.807, 2.05) is 0 Å². The number of fused-ring (bicyclic) bond motifs is 1. The van der Waals surface area contributed by atoms with Gasteiger partial charge in [0.2, 0.25) is 5.91 Å². The average molecular weight is 394 g/mol. The normalized spacial score (nSPS) is 19.8. The van der Waals surface area contributed by atoms with Gasteiger partial charge in [0, 0.05) is 17.7 Å². The van der Waals surface area contributed by atoms with Gasteiger partial charge in [-0.3, -0.25) is 14.2 Å². The number of nitrogens with zero attached hydrogens (tertiary/aromatic N) is 2. The Balaban J connectivity index is 1.64. The van der Waals surface area contributed by atoms with Crippen LogP contribution in [-0.2, 0) is 16.1 Å². The number of thioether (sulfide) groups is 1. The fraction of sp³-hybridized carbons (Fsp3) is 0.500. The first-order chi connectivity index (χ1) is 12.6. The first-order valence-corrected chi connectivity index (χ1v) is 10.2. The Hall–Kier alpha value is -1.57. The fourth-order valence-corrected chi connectivity index (χ4v) is 4.05. The van der Waals surface area contributed by atoms with Crippen LogP contribution in [0, 0.1) is 0 Å². The Bertz CT molecular complexity index is 891. The number of aromatic nitrogens is 2. The Labute approximate surface area is 160 Å². The molecule has 2 aromatic rings. The van der Waals surface area contributed by atoms with Gasteiger partial charge in [0.15, 0.2) is 5.16 Å². The minimum Gasteiger partial charge on any atom is -0.376 e. The third-order valence-corrected chi connectivity index (χ3v) is 5.78. The number of rotatable bonds is 6. The van der Waals surface area contributed by atoms with Crippen LogP contribution in [0.3, 0.4) is 0 Å². The molecule has 2 fully saturated rings. The summed E-state index contributed by atoms with van der Waals surface area (Å²) >= 11 is 7.34. The van der Waals surface area contributed by atoms with Crippen LogP contribution in [0.5, 0.6) is 0 Å². The van der Waals surface area contributed by atoms with Crippen molar-refractivity contribution in [3.8, 4) is 0 Å². The zero-order chi connectivity index (χ0) is 18.1. The zero-order valence-corrected chi connectivity index (χ0v) is 15.8. The van der Waals surface area contributed by atoms with Crippen molar-refractivity contribution in [1.82, 2.24) is 14.9 Å². The van der Waals surface area contributed by atoms with Crippen molar-refractivity contribution in [2.45, 2.75) is 49.5 Å². The molecule has 1 aliphatic heterocycles. The van der Waals surface area contributed by atoms with E-state index in [0.717, 1.165) is 32.3 Å². The number of ether oxygens (including phenoxy) is 1. The van der Waals surface area contributed by atoms with Crippen LogP contribution in [0.15, 0.2) is 28.2 Å². The van der Waals surface area contributed by atoms with E-state index in [-0.39, 0.29) is 23.3 Å². The predicted octanol–water partition coefficient (Wildman–Crippen LogP) is 2.60. The van der Waals surface area contributed by atoms with Gasteiger partial charge < -0.3 is 10.1 Å². The van der Waals surface area contributed by atoms with Crippen LogP contribution < -0.4 is 10.9 Å². The summed E-state index contributed by atoms with van der Waals surface area (Å²) in [5.74, 6) is 0.210. The van der Waals surface area contributed by atoms with Gasteiger partial charge >= 0.3 is 0 Å². The van der Waals surface area contributed by atoms with Crippen LogP contribution in [0.25, 0.3) is 10.9 Å². The monoisotopic (exact) mass is 393 g/mol. The first-order valence-electron chi connectivity index (χ1n) is 8.84. The maximum atomic E-state index is 13.0. The number of halogens is 1. The molecule has 0 unspecified atom stereocenters. The van der Waals surface area contributed by atoms with Crippen LogP contribution in [-0.4, -0.2) is 40.0 Å². The summed E-state index contributed by atoms with van der Waals surface area (Å²) in [5.41, 5.74) is 0.434. The van der Waals surface area contributed by atoms with E-state index in [1.54, 1.807) is 22.8 Å². The molecular weight excluding hydrogens is 374 g/mol. The maximum absolute atomic E-state index is 13.0. The van der Waals surface area contributed by atoms with Gasteiger partial charge in [-0.1, -0.05) is 23.4 Å². The van der Waals surface area contributed by atoms with Crippen LogP contribution in [0.4, 0.5) is 0 Å². The molecule has 8 heteroatoms. The number of benzene rings is 1. The first kappa shape index (κ1) is 17.8. The topological polar surface area (TPSA) is 73.2 Å². The second kappa shape index (κ2) is 7.58. The van der Waals surface area contributed by atoms with Gasteiger partial charge in [-0.25, -0.2) is 4.98 Å². The molecule has 1 aliphatic carbocycles. The van der Waals surface area contributed by atoms with E-state index in [9.17, 15) is 9.59 Å². The van der Waals surface area contributed by atoms with Gasteiger partial charge in [-0.05, 0) is 43.9 Å². The highest BCUT2D eigenvalue weighted by molar-refractivity contribution is 7.99. The SMILES string of the molecule is O=C(CSc1nc2cc(Cl)ccc2c(=O)n1C[C@@H]1CCCO1)NC1CC1. The molecule has 1 saturated heterocycles. The van der Waals surface area contributed by atoms with Crippen LogP contribution >= 0.6 is 23.4 Å². The van der Waals surface area contributed by atoms with Crippen molar-refractivity contribution >= 4 is 40.2 Å². The number of carbonyl (C=O) groups is 1. The quantitative estimate of drug-likeness (QED) is 0.603. The fourth-order valence-electron chi connectivity index (χ4n) is 3.06. The van der Waals surface area contributed by atoms with Gasteiger partial charge in [0.1, 0.15) is 0 Å². The lowest BCUT2D eigenvalue weighted by Crippen LogP contribution is -2.30. The number of nitrogens with one attached hydrogen (secondary N) is 1. The minimum atomic E-state index is -0.118. The molecule has 1 saturated carbocycles. The second-order valence-electron chi connectivity index (χ2n) is 6.74. The van der Waals surface area contributed by atoms with Crippen molar-refractivity contribution in [3.63, 3.8) is 0 Å². The number of carbonyl (C=O) groups excluding carboxylic acids is 1. The molecule has 4 rings (SSSR count). The van der Waals surface area contributed by atoms with E-state index in [1.165, 1.54) is 11.8 Å². The van der Waals surface area contributed by atoms with E-state index in [4.69, 9.17) is 16.3 Å². The molecule has 2 heterocycles. The lowest BCUT2D eigenvalue weighted by atomic mass is 10.2. The van der Waals surface area contributed by atoms with Crippen molar-refractivity contribution in [3.05, 3.63) is 33.6 Å². The van der Waals surface area contributed by atoms with E-state index >= 15 is 0 Å². The zero-order valence-electron chi connectivity index (χ0n) is 14.2. The van der Waals surface area contributed by atoms with E-state index < -0.39 is 0 Å². The lowest BCUT2D eigenvalue weighted by Gasteiger charge is -2.16. The molecule has 26 heavy (non-hydrogen) atoms. The summed E-state index contributed by atoms with van der Waals surface area (Å²) in [5, 5.41) is 4.55. The van der Waals surface area contributed by atoms with Crippen molar-refractivity contribution in [2.75, 3.05) is 12.4 Å². The Morgan fingerprint density at radius 2 is 2.23 bits per heavy atom. The predicted molar refractivity (Wildman–Crippen MR) is 102 cm³/mol. The summed E-state index contributed by atoms with van der Waals surface area (Å²) in [4.78, 5) is 29.6. The third-order valence-electron chi connectivity index (χ3n) is 4.57. The second-order valence-corrected chi connectivity index (χ2v) is 8.12. The number of hydrogen-bond acceptors (Lipinski definition) is 5. The smallest absolute Gasteiger partial charge is 0.262 e. The highest BCUT2D eigenvalue weighted by atomic mass is 35.5. The molecule has 138 valence electrons. The molecule has 1 N–H and O–H groups in total. The molecule has 0 radical (unpaired) electrons. The summed E-state index contributed by atoms with van der Waals surface area (Å²) in [6.07, 6.45) is 4.04. The summed E-state index contributed by atoms with van der Waals surface area (Å²) in [6, 6.07) is 5.40. The maximum Gasteiger partial charge on any atom is 0.262 e. The molecular formula is C18H20ClN3O3S. The Kier molecular flexibility index (Phi) is 5.20. The van der Waals surface area contributed by atoms with E-state index in [2.05, 4.69) is 10.3 Å². The molecule has 1 amide bonds. The molecule has 6 nitrogen and oxygen atoms in total. The highest BCUT2D eigenvalue weighted by Crippen LogP contribution is 2.23. The molecule has 0 bridgehead atoms. The minimum absolute atomic E-state index is 0.0129. The standard InChI is InChI=1S/C18H20ClN3O3S/c19-11-3-6-14-15(8-11)21-18(26-10-16(23)20-12-4-5-12)22(17(14)24)9-13-2-1-7-25-13/h3,6,8,12-13H,1-2,4-5,7,9-10H2,(H,20,23)/t13-/m0/s1. The molecule has 1 aromatic heterocycles. The number of amides is 1. The molecule has 1 atom stereocenters. The summed E-state index contributed by atoms with van der Waals surface area (Å²) in [6.45, 7) is 1.18. The average Bonchev–Trinajstić information content (AvgIpc) is 3.27. The van der Waals surface area contributed by atoms with Gasteiger partial charge in [-0.15, -0.1) is 0 Å². The third kappa shape index (κ3) is 4.05. The Morgan fingerprint density at radius 1 is 1.38 bits per heavy atom. The molecule has 0 spiro atoms. The van der Waals surface area contributed by atoms with Crippen molar-refractivity contribution < 1.29 is 9.53 Å². The molecule has 2 aliphatic rings. The van der Waals surface area contributed by atoms with Gasteiger partial charge in [-0.2, -0.15) is 0 Å². The highest BCUT2D eigenvalue weighted by Gasteiger charge is 2.24. The van der Waals surface area contributed by atoms with Crippen LogP contribution in [0.1, 0.15) is 25.7 Å². The summed E-state index contributed by atoms with van der Waals surface area (Å²) in [7, 11) is 0. The van der Waals surface area contributed by atoms with Crippen molar-refractivity contribution in [1.29, 1.82) is 0 Å². The van der Waals surface area contributed by atoms with E-state index in [0.29, 0.717) is 33.7 Å². The number of hydrogen-bond donors (Lipinski definition) is 1. The lowest BCUT2D eigenvalue weighted by molar-refractivity contribution is -0.118. The Morgan fingerprint density at radius 3 is 2.96 bits per heavy atom. The largest absolute Gasteiger partial charge is 0.376 e. The molecule has 1 aromatic carbocycles.